The molecule has 1 aromatic rings. The Labute approximate surface area is 160 Å². The molecule has 0 aromatic heterocycles. The molecule has 26 heavy (non-hydrogen) atoms. The number of benzene rings is 1. The molecule has 1 unspecified atom stereocenters. The molecular weight excluding hydrogens is 354 g/mol. The molecule has 0 spiro atoms. The smallest absolute Gasteiger partial charge is 0.150 e. The molecule has 1 aliphatic rings. The zero-order valence-electron chi connectivity index (χ0n) is 15.6. The number of carbonyl (C=O) groups excluding carboxylic acids is 3. The van der Waals surface area contributed by atoms with Gasteiger partial charge in [0.05, 0.1) is 6.04 Å². The van der Waals surface area contributed by atoms with Crippen LogP contribution in [0.2, 0.25) is 5.02 Å². The highest BCUT2D eigenvalue weighted by Gasteiger charge is 2.40. The van der Waals surface area contributed by atoms with Crippen LogP contribution in [0, 0.1) is 0 Å². The second-order valence-electron chi connectivity index (χ2n) is 6.66. The lowest BCUT2D eigenvalue weighted by Crippen LogP contribution is -2.33. The van der Waals surface area contributed by atoms with E-state index in [1.165, 1.54) is 0 Å². The Morgan fingerprint density at radius 3 is 2.38 bits per heavy atom. The van der Waals surface area contributed by atoms with Crippen molar-refractivity contribution in [2.45, 2.75) is 43.8 Å². The average molecular weight is 382 g/mol. The molecule has 144 valence electrons. The average Bonchev–Trinajstić information content (AvgIpc) is 3.36. The van der Waals surface area contributed by atoms with Gasteiger partial charge in [-0.15, -0.1) is 0 Å². The zero-order valence-corrected chi connectivity index (χ0v) is 16.4. The Kier molecular flexibility index (Phi) is 9.08. The van der Waals surface area contributed by atoms with Crippen LogP contribution >= 0.6 is 11.6 Å². The number of nitrogens with one attached hydrogen (secondary N) is 1. The molecule has 0 aliphatic heterocycles. The highest BCUT2D eigenvalue weighted by atomic mass is 35.5. The molecule has 1 atom stereocenters. The lowest BCUT2D eigenvalue weighted by Gasteiger charge is -2.24. The first kappa shape index (κ1) is 22.4. The van der Waals surface area contributed by atoms with Gasteiger partial charge in [-0.1, -0.05) is 11.6 Å². The van der Waals surface area contributed by atoms with Gasteiger partial charge in [0.2, 0.25) is 0 Å². The number of likely N-dealkylation sites (N-methyl/N-ethyl adjacent to an activating group) is 1. The molecule has 1 aromatic carbocycles. The first-order valence-electron chi connectivity index (χ1n) is 8.61. The fourth-order valence-corrected chi connectivity index (χ4v) is 2.92. The van der Waals surface area contributed by atoms with Gasteiger partial charge in [-0.05, 0) is 63.7 Å². The molecule has 7 heteroatoms. The minimum absolute atomic E-state index is 0.316. The molecule has 1 saturated carbocycles. The van der Waals surface area contributed by atoms with E-state index >= 15 is 0 Å². The lowest BCUT2D eigenvalue weighted by atomic mass is 9.98. The van der Waals surface area contributed by atoms with E-state index in [0.717, 1.165) is 37.3 Å². The molecule has 0 radical (unpaired) electrons. The van der Waals surface area contributed by atoms with Gasteiger partial charge in [0.25, 0.3) is 0 Å². The van der Waals surface area contributed by atoms with Crippen molar-refractivity contribution >= 4 is 30.5 Å². The molecule has 0 amide bonds. The second-order valence-corrected chi connectivity index (χ2v) is 7.07. The summed E-state index contributed by atoms with van der Waals surface area (Å²) in [6.45, 7) is 0.354. The van der Waals surface area contributed by atoms with E-state index in [-0.39, 0.29) is 11.6 Å². The first-order chi connectivity index (χ1) is 12.4. The van der Waals surface area contributed by atoms with Crippen LogP contribution in [0.4, 0.5) is 0 Å². The Hall–Kier alpha value is -1.60. The summed E-state index contributed by atoms with van der Waals surface area (Å²) in [6.07, 6.45) is 4.91. The van der Waals surface area contributed by atoms with Crippen LogP contribution in [0.25, 0.3) is 0 Å². The van der Waals surface area contributed by atoms with Crippen LogP contribution < -0.4 is 11.1 Å². The zero-order chi connectivity index (χ0) is 19.7. The number of rotatable bonds is 9. The number of hydrogen-bond donors (Lipinski definition) is 2. The van der Waals surface area contributed by atoms with Gasteiger partial charge in [0.1, 0.15) is 18.9 Å². The predicted octanol–water partition coefficient (Wildman–Crippen LogP) is 1.91. The first-order valence-corrected chi connectivity index (χ1v) is 8.99. The van der Waals surface area contributed by atoms with Gasteiger partial charge in [-0.3, -0.25) is 9.69 Å². The topological polar surface area (TPSA) is 92.5 Å². The van der Waals surface area contributed by atoms with Crippen LogP contribution in [0.3, 0.4) is 0 Å². The minimum Gasteiger partial charge on any atom is -0.323 e. The summed E-state index contributed by atoms with van der Waals surface area (Å²) in [5.41, 5.74) is 7.86. The summed E-state index contributed by atoms with van der Waals surface area (Å²) in [7, 11) is 5.52. The third-order valence-corrected chi connectivity index (χ3v) is 4.77. The molecule has 6 nitrogen and oxygen atoms in total. The van der Waals surface area contributed by atoms with Crippen molar-refractivity contribution in [3.8, 4) is 0 Å². The van der Waals surface area contributed by atoms with E-state index in [1.54, 1.807) is 18.0 Å². The van der Waals surface area contributed by atoms with E-state index in [4.69, 9.17) is 17.3 Å². The lowest BCUT2D eigenvalue weighted by molar-refractivity contribution is -0.113. The van der Waals surface area contributed by atoms with Crippen molar-refractivity contribution < 1.29 is 14.4 Å². The second kappa shape index (κ2) is 10.5. The van der Waals surface area contributed by atoms with Crippen LogP contribution in [-0.4, -0.2) is 50.9 Å². The number of nitrogens with zero attached hydrogens (tertiary/aromatic N) is 1. The van der Waals surface area contributed by atoms with Gasteiger partial charge >= 0.3 is 0 Å². The van der Waals surface area contributed by atoms with Crippen molar-refractivity contribution in [2.75, 3.05) is 21.1 Å². The van der Waals surface area contributed by atoms with Crippen molar-refractivity contribution in [1.29, 1.82) is 0 Å². The Morgan fingerprint density at radius 2 is 1.92 bits per heavy atom. The highest BCUT2D eigenvalue weighted by Crippen LogP contribution is 2.44. The highest BCUT2D eigenvalue weighted by molar-refractivity contribution is 6.31. The SMILES string of the molecule is CN(Cc1c(Cl)cc(C2(N)CC2)cc1C=O)C(C=O)CCC=O.CNC. The van der Waals surface area contributed by atoms with E-state index in [2.05, 4.69) is 5.32 Å². The summed E-state index contributed by atoms with van der Waals surface area (Å²) in [5.74, 6) is 0. The maximum atomic E-state index is 11.4. The number of halogens is 1. The molecule has 0 heterocycles. The molecule has 1 aliphatic carbocycles. The van der Waals surface area contributed by atoms with Gasteiger partial charge in [0.15, 0.2) is 0 Å². The van der Waals surface area contributed by atoms with E-state index in [9.17, 15) is 14.4 Å². The Bertz CT molecular complexity index is 633. The number of hydrogen-bond acceptors (Lipinski definition) is 6. The third kappa shape index (κ3) is 5.99. The van der Waals surface area contributed by atoms with Crippen LogP contribution in [0.1, 0.15) is 47.2 Å². The Balaban J connectivity index is 0.00000105. The standard InChI is InChI=1S/C17H21ClN2O3.C2H7N/c1-20(14(11-23)3-2-6-21)9-15-12(10-22)7-13(8-16(15)18)17(19)4-5-17;1-3-2/h6-8,10-11,14H,2-5,9,19H2,1H3;3H,1-2H3. The van der Waals surface area contributed by atoms with Crippen molar-refractivity contribution in [3.63, 3.8) is 0 Å². The van der Waals surface area contributed by atoms with Crippen molar-refractivity contribution in [3.05, 3.63) is 33.8 Å². The fourth-order valence-electron chi connectivity index (χ4n) is 2.64. The maximum absolute atomic E-state index is 11.4. The van der Waals surface area contributed by atoms with Gasteiger partial charge in [0, 0.05) is 29.1 Å². The van der Waals surface area contributed by atoms with Crippen LogP contribution in [0.15, 0.2) is 12.1 Å². The molecule has 2 rings (SSSR count). The quantitative estimate of drug-likeness (QED) is 0.635. The molecule has 3 N–H and O–H groups in total. The summed E-state index contributed by atoms with van der Waals surface area (Å²) >= 11 is 6.36. The number of aldehydes is 3. The fraction of sp³-hybridized carbons (Fsp3) is 0.526. The van der Waals surface area contributed by atoms with Gasteiger partial charge in [-0.2, -0.15) is 0 Å². The monoisotopic (exact) mass is 381 g/mol. The molecule has 1 fully saturated rings. The summed E-state index contributed by atoms with van der Waals surface area (Å²) in [5, 5.41) is 3.23. The van der Waals surface area contributed by atoms with Crippen LogP contribution in [-0.2, 0) is 21.7 Å². The van der Waals surface area contributed by atoms with E-state index in [1.807, 2.05) is 20.2 Å². The largest absolute Gasteiger partial charge is 0.323 e. The predicted molar refractivity (Wildman–Crippen MR) is 104 cm³/mol. The van der Waals surface area contributed by atoms with E-state index < -0.39 is 0 Å². The third-order valence-electron chi connectivity index (χ3n) is 4.43. The van der Waals surface area contributed by atoms with Gasteiger partial charge in [-0.25, -0.2) is 0 Å². The van der Waals surface area contributed by atoms with Crippen molar-refractivity contribution in [2.24, 2.45) is 5.73 Å². The maximum Gasteiger partial charge on any atom is 0.150 e. The summed E-state index contributed by atoms with van der Waals surface area (Å²) in [6, 6.07) is 3.21. The molecular formula is C19H28ClN3O3. The van der Waals surface area contributed by atoms with E-state index in [0.29, 0.717) is 35.5 Å². The normalized spacial score (nSPS) is 15.6. The minimum atomic E-state index is -0.389. The van der Waals surface area contributed by atoms with Crippen LogP contribution in [0.5, 0.6) is 0 Å². The van der Waals surface area contributed by atoms with Crippen molar-refractivity contribution in [1.82, 2.24) is 10.2 Å². The Morgan fingerprint density at radius 1 is 1.31 bits per heavy atom. The number of nitrogens with two attached hydrogens (primary N) is 1. The molecule has 0 bridgehead atoms. The molecule has 0 saturated heterocycles. The van der Waals surface area contributed by atoms with Gasteiger partial charge < -0.3 is 20.6 Å². The summed E-state index contributed by atoms with van der Waals surface area (Å²) < 4.78 is 0. The number of carbonyl (C=O) groups is 3. The summed E-state index contributed by atoms with van der Waals surface area (Å²) in [4.78, 5) is 34.9.